The van der Waals surface area contributed by atoms with Gasteiger partial charge >= 0.3 is 0 Å². The van der Waals surface area contributed by atoms with Crippen molar-refractivity contribution >= 4 is 33.3 Å². The first-order chi connectivity index (χ1) is 9.95. The molecule has 116 valence electrons. The third-order valence-corrected chi connectivity index (χ3v) is 5.87. The second kappa shape index (κ2) is 6.65. The fraction of sp³-hybridized carbons (Fsp3) is 0.538. The summed E-state index contributed by atoms with van der Waals surface area (Å²) in [5.41, 5.74) is 0.417. The van der Waals surface area contributed by atoms with E-state index in [9.17, 15) is 13.2 Å². The fourth-order valence-corrected chi connectivity index (χ4v) is 5.02. The van der Waals surface area contributed by atoms with E-state index >= 15 is 0 Å². The zero-order chi connectivity index (χ0) is 15.5. The summed E-state index contributed by atoms with van der Waals surface area (Å²) in [6.45, 7) is 2.99. The van der Waals surface area contributed by atoms with Crippen LogP contribution >= 0.6 is 11.8 Å². The molecule has 1 aliphatic rings. The van der Waals surface area contributed by atoms with E-state index in [1.807, 2.05) is 6.92 Å². The minimum absolute atomic E-state index is 0.283. The minimum Gasteiger partial charge on any atom is -0.370 e. The number of carbonyl (C=O) groups excluding carboxylic acids is 1. The van der Waals surface area contributed by atoms with Crippen LogP contribution in [0.4, 0.5) is 5.82 Å². The van der Waals surface area contributed by atoms with Crippen LogP contribution in [0.25, 0.3) is 0 Å². The van der Waals surface area contributed by atoms with Gasteiger partial charge in [-0.25, -0.2) is 13.4 Å². The number of hydrogen-bond acceptors (Lipinski definition) is 6. The molecule has 0 aliphatic carbocycles. The SMILES string of the molecule is CCNc1ncccc1C(=O)N1CCSCC1S(C)(=O)=O. The molecule has 1 aliphatic heterocycles. The van der Waals surface area contributed by atoms with Crippen LogP contribution in [-0.2, 0) is 9.84 Å². The predicted molar refractivity (Wildman–Crippen MR) is 85.4 cm³/mol. The number of nitrogens with zero attached hydrogens (tertiary/aromatic N) is 2. The largest absolute Gasteiger partial charge is 0.370 e. The first kappa shape index (κ1) is 16.1. The Hall–Kier alpha value is -1.28. The Kier molecular flexibility index (Phi) is 5.10. The molecule has 1 fully saturated rings. The smallest absolute Gasteiger partial charge is 0.258 e. The van der Waals surface area contributed by atoms with Crippen molar-refractivity contribution in [2.75, 3.05) is 36.2 Å². The summed E-state index contributed by atoms with van der Waals surface area (Å²) in [6.07, 6.45) is 2.78. The lowest BCUT2D eigenvalue weighted by Crippen LogP contribution is -2.50. The van der Waals surface area contributed by atoms with Crippen molar-refractivity contribution in [3.63, 3.8) is 0 Å². The van der Waals surface area contributed by atoms with E-state index in [2.05, 4.69) is 10.3 Å². The maximum Gasteiger partial charge on any atom is 0.258 e. The highest BCUT2D eigenvalue weighted by Crippen LogP contribution is 2.24. The summed E-state index contributed by atoms with van der Waals surface area (Å²) in [7, 11) is -3.31. The Labute approximate surface area is 129 Å². The summed E-state index contributed by atoms with van der Waals surface area (Å²) in [6, 6.07) is 3.36. The van der Waals surface area contributed by atoms with Crippen molar-refractivity contribution in [1.82, 2.24) is 9.88 Å². The summed E-state index contributed by atoms with van der Waals surface area (Å²) >= 11 is 1.56. The lowest BCUT2D eigenvalue weighted by Gasteiger charge is -2.34. The quantitative estimate of drug-likeness (QED) is 0.890. The molecule has 6 nitrogen and oxygen atoms in total. The van der Waals surface area contributed by atoms with Gasteiger partial charge in [-0.1, -0.05) is 0 Å². The number of rotatable bonds is 4. The fourth-order valence-electron chi connectivity index (χ4n) is 2.21. The van der Waals surface area contributed by atoms with Gasteiger partial charge in [0, 0.05) is 37.0 Å². The second-order valence-electron chi connectivity index (χ2n) is 4.79. The van der Waals surface area contributed by atoms with Crippen molar-refractivity contribution < 1.29 is 13.2 Å². The van der Waals surface area contributed by atoms with Crippen LogP contribution in [0, 0.1) is 0 Å². The van der Waals surface area contributed by atoms with Crippen LogP contribution < -0.4 is 5.32 Å². The van der Waals surface area contributed by atoms with Crippen LogP contribution in [-0.4, -0.2) is 60.4 Å². The maximum absolute atomic E-state index is 12.7. The molecule has 1 aromatic rings. The molecule has 1 saturated heterocycles. The number of amides is 1. The molecule has 0 bridgehead atoms. The Morgan fingerprint density at radius 2 is 2.33 bits per heavy atom. The van der Waals surface area contributed by atoms with Gasteiger partial charge in [0.1, 0.15) is 11.2 Å². The maximum atomic E-state index is 12.7. The number of thioether (sulfide) groups is 1. The van der Waals surface area contributed by atoms with E-state index in [0.717, 1.165) is 5.75 Å². The van der Waals surface area contributed by atoms with E-state index in [1.165, 1.54) is 11.2 Å². The molecule has 21 heavy (non-hydrogen) atoms. The van der Waals surface area contributed by atoms with Gasteiger partial charge in [0.25, 0.3) is 5.91 Å². The molecular formula is C13H19N3O3S2. The normalized spacial score (nSPS) is 19.3. The topological polar surface area (TPSA) is 79.4 Å². The molecule has 2 rings (SSSR count). The van der Waals surface area contributed by atoms with Crippen LogP contribution in [0.3, 0.4) is 0 Å². The van der Waals surface area contributed by atoms with Crippen LogP contribution in [0.1, 0.15) is 17.3 Å². The molecule has 2 heterocycles. The van der Waals surface area contributed by atoms with Crippen LogP contribution in [0.2, 0.25) is 0 Å². The van der Waals surface area contributed by atoms with Gasteiger partial charge in [-0.2, -0.15) is 11.8 Å². The Morgan fingerprint density at radius 3 is 3.00 bits per heavy atom. The van der Waals surface area contributed by atoms with Crippen molar-refractivity contribution in [3.05, 3.63) is 23.9 Å². The third kappa shape index (κ3) is 3.68. The average molecular weight is 329 g/mol. The summed E-state index contributed by atoms with van der Waals surface area (Å²) in [5.74, 6) is 1.38. The highest BCUT2D eigenvalue weighted by Gasteiger charge is 2.35. The van der Waals surface area contributed by atoms with Gasteiger partial charge in [0.05, 0.1) is 5.56 Å². The van der Waals surface area contributed by atoms with E-state index in [4.69, 9.17) is 0 Å². The first-order valence-electron chi connectivity index (χ1n) is 6.71. The third-order valence-electron chi connectivity index (χ3n) is 3.22. The summed E-state index contributed by atoms with van der Waals surface area (Å²) < 4.78 is 23.8. The van der Waals surface area contributed by atoms with Crippen molar-refractivity contribution in [2.24, 2.45) is 0 Å². The first-order valence-corrected chi connectivity index (χ1v) is 9.82. The van der Waals surface area contributed by atoms with E-state index in [0.29, 0.717) is 30.2 Å². The standard InChI is InChI=1S/C13H19N3O3S2/c1-3-14-12-10(5-4-6-15-12)13(17)16-7-8-20-9-11(16)21(2,18)19/h4-6,11H,3,7-9H2,1-2H3,(H,14,15). The van der Waals surface area contributed by atoms with Crippen molar-refractivity contribution in [2.45, 2.75) is 12.3 Å². The number of hydrogen-bond donors (Lipinski definition) is 1. The molecule has 0 aromatic carbocycles. The van der Waals surface area contributed by atoms with Crippen LogP contribution in [0.5, 0.6) is 0 Å². The molecule has 0 radical (unpaired) electrons. The highest BCUT2D eigenvalue weighted by atomic mass is 32.2. The molecule has 1 unspecified atom stereocenters. The highest BCUT2D eigenvalue weighted by molar-refractivity contribution is 8.00. The Morgan fingerprint density at radius 1 is 1.57 bits per heavy atom. The van der Waals surface area contributed by atoms with E-state index < -0.39 is 15.2 Å². The molecular weight excluding hydrogens is 310 g/mol. The predicted octanol–water partition coefficient (Wildman–Crippen LogP) is 1.07. The molecule has 1 atom stereocenters. The van der Waals surface area contributed by atoms with Gasteiger partial charge in [0.2, 0.25) is 0 Å². The monoisotopic (exact) mass is 329 g/mol. The zero-order valence-corrected chi connectivity index (χ0v) is 13.7. The number of nitrogens with one attached hydrogen (secondary N) is 1. The lowest BCUT2D eigenvalue weighted by molar-refractivity contribution is 0.0750. The Balaban J connectivity index is 2.33. The Bertz CT molecular complexity index is 619. The average Bonchev–Trinajstić information content (AvgIpc) is 2.46. The summed E-state index contributed by atoms with van der Waals surface area (Å²) in [4.78, 5) is 18.3. The number of aromatic nitrogens is 1. The summed E-state index contributed by atoms with van der Waals surface area (Å²) in [5, 5.41) is 2.27. The van der Waals surface area contributed by atoms with Gasteiger partial charge in [0.15, 0.2) is 9.84 Å². The molecule has 1 aromatic heterocycles. The molecule has 1 amide bonds. The van der Waals surface area contributed by atoms with Gasteiger partial charge in [-0.05, 0) is 19.1 Å². The van der Waals surface area contributed by atoms with E-state index in [-0.39, 0.29) is 5.91 Å². The molecule has 0 saturated carbocycles. The van der Waals surface area contributed by atoms with Crippen LogP contribution in [0.15, 0.2) is 18.3 Å². The lowest BCUT2D eigenvalue weighted by atomic mass is 10.2. The molecule has 8 heteroatoms. The number of carbonyl (C=O) groups is 1. The minimum atomic E-state index is -3.31. The number of pyridine rings is 1. The molecule has 1 N–H and O–H groups in total. The number of sulfone groups is 1. The van der Waals surface area contributed by atoms with E-state index in [1.54, 1.807) is 30.1 Å². The number of anilines is 1. The van der Waals surface area contributed by atoms with Gasteiger partial charge < -0.3 is 10.2 Å². The van der Waals surface area contributed by atoms with Crippen molar-refractivity contribution in [3.8, 4) is 0 Å². The van der Waals surface area contributed by atoms with Gasteiger partial charge in [-0.15, -0.1) is 0 Å². The van der Waals surface area contributed by atoms with Gasteiger partial charge in [-0.3, -0.25) is 4.79 Å². The zero-order valence-electron chi connectivity index (χ0n) is 12.1. The van der Waals surface area contributed by atoms with Crippen molar-refractivity contribution in [1.29, 1.82) is 0 Å². The molecule has 0 spiro atoms. The second-order valence-corrected chi connectivity index (χ2v) is 8.14.